The molecule has 1 aliphatic heterocycles. The van der Waals surface area contributed by atoms with E-state index in [1.165, 1.54) is 0 Å². The summed E-state index contributed by atoms with van der Waals surface area (Å²) in [5.74, 6) is -3.34. The summed E-state index contributed by atoms with van der Waals surface area (Å²) in [5.41, 5.74) is 1.10. The molecular weight excluding hydrogens is 348 g/mol. The Morgan fingerprint density at radius 1 is 1.20 bits per heavy atom. The minimum absolute atomic E-state index is 0.0883. The van der Waals surface area contributed by atoms with Gasteiger partial charge in [0.15, 0.2) is 4.75 Å². The van der Waals surface area contributed by atoms with E-state index in [1.807, 2.05) is 19.1 Å². The molecule has 7 heteroatoms. The van der Waals surface area contributed by atoms with Crippen molar-refractivity contribution in [3.8, 4) is 0 Å². The van der Waals surface area contributed by atoms with Gasteiger partial charge in [-0.1, -0.05) is 17.7 Å². The minimum Gasteiger partial charge on any atom is -0.480 e. The first kappa shape index (κ1) is 17.4. The first-order valence-electron chi connectivity index (χ1n) is 7.54. The molecule has 2 aromatic carbocycles. The largest absolute Gasteiger partial charge is 0.480 e. The smallest absolute Gasteiger partial charge is 0.323 e. The average molecular weight is 363 g/mol. The van der Waals surface area contributed by atoms with Gasteiger partial charge in [0, 0.05) is 11.0 Å². The van der Waals surface area contributed by atoms with Crippen molar-refractivity contribution >= 4 is 23.6 Å². The van der Waals surface area contributed by atoms with Crippen molar-refractivity contribution in [3.63, 3.8) is 0 Å². The lowest BCUT2D eigenvalue weighted by Gasteiger charge is -2.29. The van der Waals surface area contributed by atoms with Crippen LogP contribution in [0.1, 0.15) is 23.6 Å². The van der Waals surface area contributed by atoms with E-state index >= 15 is 0 Å². The Bertz CT molecular complexity index is 820. The van der Waals surface area contributed by atoms with Gasteiger partial charge in [-0.05, 0) is 36.8 Å². The molecule has 2 aromatic rings. The van der Waals surface area contributed by atoms with Gasteiger partial charge in [0.05, 0.1) is 12.5 Å². The second-order valence-electron chi connectivity index (χ2n) is 5.99. The van der Waals surface area contributed by atoms with Crippen LogP contribution in [-0.2, 0) is 9.59 Å². The van der Waals surface area contributed by atoms with Crippen LogP contribution in [0.5, 0.6) is 0 Å². The van der Waals surface area contributed by atoms with Crippen LogP contribution in [0, 0.1) is 18.6 Å². The second kappa shape index (κ2) is 6.48. The van der Waals surface area contributed by atoms with Gasteiger partial charge >= 0.3 is 5.97 Å². The van der Waals surface area contributed by atoms with Gasteiger partial charge in [-0.25, -0.2) is 8.78 Å². The zero-order valence-corrected chi connectivity index (χ0v) is 14.1. The van der Waals surface area contributed by atoms with Crippen molar-refractivity contribution in [2.24, 2.45) is 0 Å². The molecule has 1 fully saturated rings. The molecule has 0 radical (unpaired) electrons. The van der Waals surface area contributed by atoms with E-state index in [-0.39, 0.29) is 12.0 Å². The SMILES string of the molecule is Cc1ccc(S[C@]2(C(=O)O)CC(=O)NC2c2cc(F)cc(F)c2)cc1. The molecular formula is C18H15F2NO3S. The number of amides is 1. The molecule has 2 atom stereocenters. The number of nitrogens with one attached hydrogen (secondary N) is 1. The summed E-state index contributed by atoms with van der Waals surface area (Å²) in [6, 6.07) is 8.94. The van der Waals surface area contributed by atoms with Crippen LogP contribution in [0.4, 0.5) is 8.78 Å². The zero-order chi connectivity index (χ0) is 18.2. The number of aliphatic carboxylic acids is 1. The van der Waals surface area contributed by atoms with Gasteiger partial charge in [0.1, 0.15) is 11.6 Å². The van der Waals surface area contributed by atoms with Crippen LogP contribution in [0.15, 0.2) is 47.4 Å². The first-order chi connectivity index (χ1) is 11.8. The number of carboxylic acids is 1. The van der Waals surface area contributed by atoms with Crippen molar-refractivity contribution in [1.82, 2.24) is 5.32 Å². The molecule has 1 saturated heterocycles. The average Bonchev–Trinajstić information content (AvgIpc) is 2.86. The lowest BCUT2D eigenvalue weighted by atomic mass is 9.93. The third-order valence-corrected chi connectivity index (χ3v) is 5.52. The maximum atomic E-state index is 13.6. The summed E-state index contributed by atoms with van der Waals surface area (Å²) in [7, 11) is 0. The Hall–Kier alpha value is -2.41. The van der Waals surface area contributed by atoms with E-state index < -0.39 is 34.3 Å². The fourth-order valence-electron chi connectivity index (χ4n) is 2.92. The van der Waals surface area contributed by atoms with Crippen LogP contribution >= 0.6 is 11.8 Å². The second-order valence-corrected chi connectivity index (χ2v) is 7.39. The maximum Gasteiger partial charge on any atom is 0.323 e. The highest BCUT2D eigenvalue weighted by Crippen LogP contribution is 2.48. The number of carboxylic acid groups (broad SMARTS) is 1. The number of rotatable bonds is 4. The Labute approximate surface area is 147 Å². The molecule has 0 saturated carbocycles. The Morgan fingerprint density at radius 2 is 1.80 bits per heavy atom. The molecule has 25 heavy (non-hydrogen) atoms. The van der Waals surface area contributed by atoms with Crippen LogP contribution in [0.25, 0.3) is 0 Å². The number of hydrogen-bond donors (Lipinski definition) is 2. The van der Waals surface area contributed by atoms with Gasteiger partial charge in [0.25, 0.3) is 0 Å². The van der Waals surface area contributed by atoms with Crippen LogP contribution < -0.4 is 5.32 Å². The highest BCUT2D eigenvalue weighted by molar-refractivity contribution is 8.01. The van der Waals surface area contributed by atoms with Crippen LogP contribution in [-0.4, -0.2) is 21.7 Å². The number of thioether (sulfide) groups is 1. The fraction of sp³-hybridized carbons (Fsp3) is 0.222. The molecule has 4 nitrogen and oxygen atoms in total. The number of aryl methyl sites for hydroxylation is 1. The molecule has 0 spiro atoms. The summed E-state index contributed by atoms with van der Waals surface area (Å²) >= 11 is 1.01. The molecule has 2 N–H and O–H groups in total. The number of halogens is 2. The van der Waals surface area contributed by atoms with Gasteiger partial charge in [0.2, 0.25) is 5.91 Å². The number of carbonyl (C=O) groups is 2. The third kappa shape index (κ3) is 3.37. The zero-order valence-electron chi connectivity index (χ0n) is 13.3. The minimum atomic E-state index is -1.59. The Balaban J connectivity index is 2.06. The summed E-state index contributed by atoms with van der Waals surface area (Å²) in [4.78, 5) is 24.7. The van der Waals surface area contributed by atoms with Crippen molar-refractivity contribution in [1.29, 1.82) is 0 Å². The highest BCUT2D eigenvalue weighted by atomic mass is 32.2. The van der Waals surface area contributed by atoms with Gasteiger partial charge in [-0.2, -0.15) is 0 Å². The summed E-state index contributed by atoms with van der Waals surface area (Å²) in [5, 5.41) is 12.4. The van der Waals surface area contributed by atoms with E-state index in [1.54, 1.807) is 12.1 Å². The predicted octanol–water partition coefficient (Wildman–Crippen LogP) is 3.45. The summed E-state index contributed by atoms with van der Waals surface area (Å²) in [6.07, 6.45) is -0.288. The van der Waals surface area contributed by atoms with Gasteiger partial charge in [-0.3, -0.25) is 9.59 Å². The number of benzene rings is 2. The van der Waals surface area contributed by atoms with Crippen molar-refractivity contribution < 1.29 is 23.5 Å². The monoisotopic (exact) mass is 363 g/mol. The molecule has 1 aliphatic rings. The lowest BCUT2D eigenvalue weighted by molar-refractivity contribution is -0.140. The normalized spacial score (nSPS) is 22.7. The number of carbonyl (C=O) groups excluding carboxylic acids is 1. The highest BCUT2D eigenvalue weighted by Gasteiger charge is 2.54. The Morgan fingerprint density at radius 3 is 2.36 bits per heavy atom. The number of hydrogen-bond acceptors (Lipinski definition) is 3. The lowest BCUT2D eigenvalue weighted by Crippen LogP contribution is -2.40. The third-order valence-electron chi connectivity index (χ3n) is 4.10. The van der Waals surface area contributed by atoms with E-state index in [0.717, 1.165) is 29.5 Å². The Kier molecular flexibility index (Phi) is 4.51. The topological polar surface area (TPSA) is 66.4 Å². The maximum absolute atomic E-state index is 13.6. The molecule has 1 heterocycles. The predicted molar refractivity (Wildman–Crippen MR) is 89.3 cm³/mol. The molecule has 130 valence electrons. The van der Waals surface area contributed by atoms with Crippen molar-refractivity contribution in [2.45, 2.75) is 29.0 Å². The van der Waals surface area contributed by atoms with E-state index in [0.29, 0.717) is 11.0 Å². The first-order valence-corrected chi connectivity index (χ1v) is 8.36. The quantitative estimate of drug-likeness (QED) is 0.873. The van der Waals surface area contributed by atoms with Crippen LogP contribution in [0.2, 0.25) is 0 Å². The molecule has 1 amide bonds. The molecule has 0 bridgehead atoms. The summed E-state index contributed by atoms with van der Waals surface area (Å²) in [6.45, 7) is 1.90. The van der Waals surface area contributed by atoms with Gasteiger partial charge < -0.3 is 10.4 Å². The summed E-state index contributed by atoms with van der Waals surface area (Å²) < 4.78 is 25.6. The van der Waals surface area contributed by atoms with Crippen molar-refractivity contribution in [3.05, 3.63) is 65.2 Å². The molecule has 0 aromatic heterocycles. The van der Waals surface area contributed by atoms with Gasteiger partial charge in [-0.15, -0.1) is 11.8 Å². The molecule has 1 unspecified atom stereocenters. The van der Waals surface area contributed by atoms with Crippen LogP contribution in [0.3, 0.4) is 0 Å². The standard InChI is InChI=1S/C18H15F2NO3S/c1-10-2-4-14(5-3-10)25-18(17(23)24)9-15(22)21-16(18)11-6-12(19)8-13(20)7-11/h2-8,16H,9H2,1H3,(H,21,22)(H,23,24)/t16?,18-/m1/s1. The van der Waals surface area contributed by atoms with E-state index in [2.05, 4.69) is 5.32 Å². The van der Waals surface area contributed by atoms with E-state index in [9.17, 15) is 23.5 Å². The molecule has 3 rings (SSSR count). The fourth-order valence-corrected chi connectivity index (χ4v) is 4.21. The molecule has 0 aliphatic carbocycles. The van der Waals surface area contributed by atoms with E-state index in [4.69, 9.17) is 0 Å². The van der Waals surface area contributed by atoms with Crippen molar-refractivity contribution in [2.75, 3.05) is 0 Å².